The highest BCUT2D eigenvalue weighted by molar-refractivity contribution is 5.20. The third kappa shape index (κ3) is 2.50. The minimum absolute atomic E-state index is 0.0502. The molecule has 0 aromatic rings. The molecule has 0 aromatic carbocycles. The van der Waals surface area contributed by atoms with Crippen LogP contribution in [0.15, 0.2) is 11.6 Å². The molecule has 0 radical (unpaired) electrons. The van der Waals surface area contributed by atoms with Gasteiger partial charge in [-0.15, -0.1) is 0 Å². The first-order valence-electron chi connectivity index (χ1n) is 7.97. The Kier molecular flexibility index (Phi) is 4.73. The van der Waals surface area contributed by atoms with Gasteiger partial charge in [0.25, 0.3) is 0 Å². The third-order valence-corrected chi connectivity index (χ3v) is 5.74. The molecule has 1 aliphatic heterocycles. The summed E-state index contributed by atoms with van der Waals surface area (Å²) in [5, 5.41) is 9.91. The van der Waals surface area contributed by atoms with Crippen molar-refractivity contribution in [3.63, 3.8) is 0 Å². The van der Waals surface area contributed by atoms with Crippen LogP contribution in [0.25, 0.3) is 0 Å². The molecule has 2 rings (SSSR count). The Morgan fingerprint density at radius 1 is 1.37 bits per heavy atom. The third-order valence-electron chi connectivity index (χ3n) is 5.74. The minimum atomic E-state index is -0.0502. The van der Waals surface area contributed by atoms with Gasteiger partial charge in [0.15, 0.2) is 0 Å². The second kappa shape index (κ2) is 5.97. The second-order valence-corrected chi connectivity index (χ2v) is 6.75. The van der Waals surface area contributed by atoms with Crippen molar-refractivity contribution in [2.75, 3.05) is 13.2 Å². The van der Waals surface area contributed by atoms with Crippen LogP contribution in [0.2, 0.25) is 0 Å². The summed E-state index contributed by atoms with van der Waals surface area (Å²) in [5.41, 5.74) is 1.43. The average Bonchev–Trinajstić information content (AvgIpc) is 2.38. The summed E-state index contributed by atoms with van der Waals surface area (Å²) in [6, 6.07) is 0. The molecule has 0 amide bonds. The van der Waals surface area contributed by atoms with Crippen molar-refractivity contribution in [2.24, 2.45) is 23.2 Å². The van der Waals surface area contributed by atoms with Crippen LogP contribution in [0.5, 0.6) is 0 Å². The highest BCUT2D eigenvalue weighted by Crippen LogP contribution is 2.52. The van der Waals surface area contributed by atoms with E-state index in [9.17, 15) is 5.11 Å². The van der Waals surface area contributed by atoms with E-state index in [-0.39, 0.29) is 12.0 Å². The van der Waals surface area contributed by atoms with Gasteiger partial charge in [-0.05, 0) is 25.2 Å². The van der Waals surface area contributed by atoms with E-state index in [1.807, 2.05) is 0 Å². The molecule has 0 saturated carbocycles. The van der Waals surface area contributed by atoms with Gasteiger partial charge in [-0.3, -0.25) is 0 Å². The van der Waals surface area contributed by atoms with Crippen molar-refractivity contribution in [3.05, 3.63) is 11.6 Å². The zero-order valence-electron chi connectivity index (χ0n) is 13.0. The molecule has 2 aliphatic rings. The zero-order chi connectivity index (χ0) is 14.0. The molecule has 1 N–H and O–H groups in total. The molecule has 0 unspecified atom stereocenters. The van der Waals surface area contributed by atoms with Crippen LogP contribution in [-0.4, -0.2) is 24.4 Å². The molecular weight excluding hydrogens is 236 g/mol. The standard InChI is InChI=1S/C17H30O2/c1-5-6-7-8-15-16-12(2)9-13(3)17(10-18,11-19-15)14(16)4/h9,13-16,18H,5-8,10-11H2,1-4H3/t13-,14-,15-,16+,17-/m1/s1. The molecule has 5 atom stereocenters. The number of ether oxygens (including phenoxy) is 1. The molecule has 1 fully saturated rings. The van der Waals surface area contributed by atoms with Crippen LogP contribution in [0.3, 0.4) is 0 Å². The lowest BCUT2D eigenvalue weighted by Gasteiger charge is -2.55. The minimum Gasteiger partial charge on any atom is -0.396 e. The van der Waals surface area contributed by atoms with Crippen LogP contribution in [0.1, 0.15) is 53.4 Å². The Bertz CT molecular complexity index is 336. The molecule has 1 saturated heterocycles. The van der Waals surface area contributed by atoms with Gasteiger partial charge in [0, 0.05) is 11.3 Å². The monoisotopic (exact) mass is 266 g/mol. The smallest absolute Gasteiger partial charge is 0.0643 e. The van der Waals surface area contributed by atoms with Crippen LogP contribution in [-0.2, 0) is 4.74 Å². The molecule has 0 spiro atoms. The molecule has 110 valence electrons. The van der Waals surface area contributed by atoms with Crippen molar-refractivity contribution in [1.29, 1.82) is 0 Å². The van der Waals surface area contributed by atoms with E-state index in [4.69, 9.17) is 4.74 Å². The van der Waals surface area contributed by atoms with Gasteiger partial charge in [0.2, 0.25) is 0 Å². The number of allylic oxidation sites excluding steroid dienone is 1. The summed E-state index contributed by atoms with van der Waals surface area (Å²) in [6.07, 6.45) is 7.74. The maximum Gasteiger partial charge on any atom is 0.0643 e. The van der Waals surface area contributed by atoms with Gasteiger partial charge >= 0.3 is 0 Å². The molecule has 2 nitrogen and oxygen atoms in total. The van der Waals surface area contributed by atoms with E-state index >= 15 is 0 Å². The topological polar surface area (TPSA) is 29.5 Å². The molecule has 19 heavy (non-hydrogen) atoms. The number of aliphatic hydroxyl groups is 1. The van der Waals surface area contributed by atoms with Crippen LogP contribution in [0, 0.1) is 23.2 Å². The highest BCUT2D eigenvalue weighted by Gasteiger charge is 2.52. The van der Waals surface area contributed by atoms with Crippen molar-refractivity contribution < 1.29 is 9.84 Å². The number of hydrogen-bond acceptors (Lipinski definition) is 2. The Labute approximate surface area is 118 Å². The van der Waals surface area contributed by atoms with Crippen molar-refractivity contribution in [2.45, 2.75) is 59.5 Å². The Morgan fingerprint density at radius 2 is 2.11 bits per heavy atom. The number of rotatable bonds is 5. The predicted molar refractivity (Wildman–Crippen MR) is 79.0 cm³/mol. The van der Waals surface area contributed by atoms with Crippen molar-refractivity contribution >= 4 is 0 Å². The maximum absolute atomic E-state index is 9.91. The van der Waals surface area contributed by atoms with Crippen LogP contribution in [0.4, 0.5) is 0 Å². The molecule has 1 heterocycles. The molecule has 0 aromatic heterocycles. The highest BCUT2D eigenvalue weighted by atomic mass is 16.5. The van der Waals surface area contributed by atoms with E-state index in [1.165, 1.54) is 31.3 Å². The SMILES string of the molecule is CCCCC[C@H]1OC[C@]2(CO)[C@H](C)C=C(C)[C@H]1[C@H]2C. The summed E-state index contributed by atoms with van der Waals surface area (Å²) < 4.78 is 6.20. The summed E-state index contributed by atoms with van der Waals surface area (Å²) >= 11 is 0. The fourth-order valence-electron chi connectivity index (χ4n) is 4.27. The van der Waals surface area contributed by atoms with Gasteiger partial charge in [-0.2, -0.15) is 0 Å². The van der Waals surface area contributed by atoms with Crippen molar-refractivity contribution in [1.82, 2.24) is 0 Å². The largest absolute Gasteiger partial charge is 0.396 e. The maximum atomic E-state index is 9.91. The number of aliphatic hydroxyl groups excluding tert-OH is 1. The first kappa shape index (κ1) is 15.1. The van der Waals surface area contributed by atoms with E-state index in [2.05, 4.69) is 33.8 Å². The van der Waals surface area contributed by atoms with Crippen LogP contribution < -0.4 is 0 Å². The Morgan fingerprint density at radius 3 is 2.74 bits per heavy atom. The zero-order valence-corrected chi connectivity index (χ0v) is 13.0. The second-order valence-electron chi connectivity index (χ2n) is 6.75. The first-order valence-corrected chi connectivity index (χ1v) is 7.97. The summed E-state index contributed by atoms with van der Waals surface area (Å²) in [6.45, 7) is 10.0. The summed E-state index contributed by atoms with van der Waals surface area (Å²) in [5.74, 6) is 1.45. The normalized spacial score (nSPS) is 42.1. The van der Waals surface area contributed by atoms with E-state index in [0.29, 0.717) is 23.9 Å². The van der Waals surface area contributed by atoms with Crippen molar-refractivity contribution in [3.8, 4) is 0 Å². The quantitative estimate of drug-likeness (QED) is 0.606. The first-order chi connectivity index (χ1) is 9.06. The number of unbranched alkanes of at least 4 members (excludes halogenated alkanes) is 2. The summed E-state index contributed by atoms with van der Waals surface area (Å²) in [4.78, 5) is 0. The lowest BCUT2D eigenvalue weighted by atomic mass is 9.56. The van der Waals surface area contributed by atoms with Gasteiger partial charge in [0.1, 0.15) is 0 Å². The molecule has 2 bridgehead atoms. The average molecular weight is 266 g/mol. The lowest BCUT2D eigenvalue weighted by molar-refractivity contribution is -0.164. The van der Waals surface area contributed by atoms with E-state index in [1.54, 1.807) is 0 Å². The predicted octanol–water partition coefficient (Wildman–Crippen LogP) is 3.79. The molecule has 1 aliphatic carbocycles. The van der Waals surface area contributed by atoms with Gasteiger partial charge in [0.05, 0.1) is 19.3 Å². The summed E-state index contributed by atoms with van der Waals surface area (Å²) in [7, 11) is 0. The fraction of sp³-hybridized carbons (Fsp3) is 0.882. The Hall–Kier alpha value is -0.340. The Balaban J connectivity index is 2.17. The number of hydrogen-bond donors (Lipinski definition) is 1. The van der Waals surface area contributed by atoms with Crippen LogP contribution >= 0.6 is 0 Å². The molecular formula is C17H30O2. The van der Waals surface area contributed by atoms with Gasteiger partial charge in [-0.25, -0.2) is 0 Å². The van der Waals surface area contributed by atoms with E-state index < -0.39 is 0 Å². The fourth-order valence-corrected chi connectivity index (χ4v) is 4.27. The van der Waals surface area contributed by atoms with Gasteiger partial charge < -0.3 is 9.84 Å². The van der Waals surface area contributed by atoms with E-state index in [0.717, 1.165) is 6.61 Å². The number of fused-ring (bicyclic) bond motifs is 2. The molecule has 2 heteroatoms. The van der Waals surface area contributed by atoms with Gasteiger partial charge in [-0.1, -0.05) is 51.7 Å². The lowest BCUT2D eigenvalue weighted by Crippen LogP contribution is -2.56.